The quantitative estimate of drug-likeness (QED) is 0.271. The van der Waals surface area contributed by atoms with Crippen molar-refractivity contribution in [3.05, 3.63) is 91.0 Å². The fraction of sp³-hybridized carbons (Fsp3) is 0.174. The van der Waals surface area contributed by atoms with E-state index < -0.39 is 10.2 Å². The minimum absolute atomic E-state index is 0.224. The van der Waals surface area contributed by atoms with Gasteiger partial charge in [-0.3, -0.25) is 0 Å². The van der Waals surface area contributed by atoms with Crippen molar-refractivity contribution >= 4 is 48.2 Å². The van der Waals surface area contributed by atoms with Crippen molar-refractivity contribution in [1.29, 1.82) is 0 Å². The van der Waals surface area contributed by atoms with Crippen molar-refractivity contribution in [1.82, 2.24) is 0 Å². The van der Waals surface area contributed by atoms with Gasteiger partial charge in [0.05, 0.1) is 0 Å². The van der Waals surface area contributed by atoms with Crippen LogP contribution in [0.15, 0.2) is 91.0 Å². The van der Waals surface area contributed by atoms with Crippen LogP contribution < -0.4 is 15.9 Å². The van der Waals surface area contributed by atoms with Gasteiger partial charge in [0.25, 0.3) is 0 Å². The van der Waals surface area contributed by atoms with Gasteiger partial charge in [0.1, 0.15) is 0 Å². The fourth-order valence-corrected chi connectivity index (χ4v) is 12.5. The van der Waals surface area contributed by atoms with E-state index in [0.29, 0.717) is 6.42 Å². The van der Waals surface area contributed by atoms with Crippen molar-refractivity contribution in [2.24, 2.45) is 0 Å². The van der Waals surface area contributed by atoms with E-state index in [1.165, 1.54) is 15.9 Å². The second-order valence-corrected chi connectivity index (χ2v) is 17.5. The first-order valence-corrected chi connectivity index (χ1v) is 14.4. The van der Waals surface area contributed by atoms with Gasteiger partial charge in [-0.2, -0.15) is 0 Å². The molecule has 0 aliphatic rings. The summed E-state index contributed by atoms with van der Waals surface area (Å²) in [7, 11) is 0. The maximum absolute atomic E-state index is 11.0. The molecule has 27 heavy (non-hydrogen) atoms. The Labute approximate surface area is 174 Å². The predicted octanol–water partition coefficient (Wildman–Crippen LogP) is 5.12. The van der Waals surface area contributed by atoms with Gasteiger partial charge in [-0.05, 0) is 0 Å². The van der Waals surface area contributed by atoms with Crippen LogP contribution in [0.3, 0.4) is 0 Å². The maximum atomic E-state index is 11.0. The zero-order valence-electron chi connectivity index (χ0n) is 15.2. The molecule has 0 saturated heterocycles. The van der Waals surface area contributed by atoms with Crippen LogP contribution in [-0.2, 0) is 4.79 Å². The van der Waals surface area contributed by atoms with E-state index in [0.717, 1.165) is 12.6 Å². The van der Waals surface area contributed by atoms with Gasteiger partial charge in [0.2, 0.25) is 0 Å². The summed E-state index contributed by atoms with van der Waals surface area (Å²) < 4.78 is -2.73. The molecule has 1 N–H and O–H groups in total. The summed E-state index contributed by atoms with van der Waals surface area (Å²) in [6.45, 7) is 0. The van der Waals surface area contributed by atoms with E-state index in [4.69, 9.17) is 5.11 Å². The molecular formula is C23H24IO2P. The zero-order valence-corrected chi connectivity index (χ0v) is 18.2. The van der Waals surface area contributed by atoms with Crippen LogP contribution in [-0.4, -0.2) is 17.2 Å². The van der Waals surface area contributed by atoms with Gasteiger partial charge in [-0.25, -0.2) is 0 Å². The first-order chi connectivity index (χ1) is 13.1. The number of carboxylic acids is 1. The van der Waals surface area contributed by atoms with E-state index >= 15 is 0 Å². The van der Waals surface area contributed by atoms with E-state index in [2.05, 4.69) is 113 Å². The Morgan fingerprint density at radius 1 is 0.704 bits per heavy atom. The molecule has 0 atom stereocenters. The normalized spacial score (nSPS) is 12.9. The molecule has 0 spiro atoms. The topological polar surface area (TPSA) is 37.3 Å². The molecule has 4 heteroatoms. The molecule has 0 radical (unpaired) electrons. The van der Waals surface area contributed by atoms with Gasteiger partial charge in [-0.1, -0.05) is 0 Å². The number of halogens is 1. The first-order valence-electron chi connectivity index (χ1n) is 9.17. The Morgan fingerprint density at radius 3 is 1.41 bits per heavy atom. The number of hydrogen-bond donors (Lipinski definition) is 1. The Kier molecular flexibility index (Phi) is 6.33. The van der Waals surface area contributed by atoms with E-state index in [1.54, 1.807) is 0 Å². The number of hydrogen-bond acceptors (Lipinski definition) is 1. The summed E-state index contributed by atoms with van der Waals surface area (Å²) in [5.41, 5.74) is 0. The Bertz CT molecular complexity index is 783. The van der Waals surface area contributed by atoms with Gasteiger partial charge in [-0.15, -0.1) is 0 Å². The van der Waals surface area contributed by atoms with Gasteiger partial charge < -0.3 is 0 Å². The van der Waals surface area contributed by atoms with Crippen LogP contribution in [0.2, 0.25) is 0 Å². The van der Waals surface area contributed by atoms with Crippen LogP contribution in [0.5, 0.6) is 0 Å². The van der Waals surface area contributed by atoms with Crippen molar-refractivity contribution < 1.29 is 9.90 Å². The van der Waals surface area contributed by atoms with Crippen LogP contribution in [0.4, 0.5) is 0 Å². The number of carboxylic acid groups (broad SMARTS) is 1. The first kappa shape index (κ1) is 20.0. The van der Waals surface area contributed by atoms with Crippen molar-refractivity contribution in [3.63, 3.8) is 0 Å². The number of rotatable bonds is 8. The molecule has 0 aliphatic heterocycles. The molecule has 0 unspecified atom stereocenters. The summed E-state index contributed by atoms with van der Waals surface area (Å²) in [4.78, 5) is 11.0. The monoisotopic (exact) mass is 490 g/mol. The van der Waals surface area contributed by atoms with Crippen LogP contribution in [0, 0.1) is 0 Å². The molecule has 0 aliphatic carbocycles. The van der Waals surface area contributed by atoms with Crippen molar-refractivity contribution in [3.8, 4) is 0 Å². The average Bonchev–Trinajstić information content (AvgIpc) is 2.73. The molecule has 3 aromatic carbocycles. The Morgan fingerprint density at radius 2 is 1.07 bits per heavy atom. The molecule has 0 amide bonds. The van der Waals surface area contributed by atoms with Crippen LogP contribution >= 0.6 is 26.3 Å². The van der Waals surface area contributed by atoms with Gasteiger partial charge >= 0.3 is 174 Å². The number of carbonyl (C=O) groups is 1. The van der Waals surface area contributed by atoms with Gasteiger partial charge in [0, 0.05) is 0 Å². The SMILES string of the molecule is O=C(O)CCCCP(I)(c1ccccc1)(c1ccccc1)c1ccccc1. The van der Waals surface area contributed by atoms with Crippen LogP contribution in [0.25, 0.3) is 0 Å². The number of benzene rings is 3. The summed E-state index contributed by atoms with van der Waals surface area (Å²) in [5.74, 6) is -0.720. The number of unbranched alkanes of at least 4 members (excludes halogenated alkanes) is 1. The molecule has 0 saturated carbocycles. The molecule has 0 bridgehead atoms. The average molecular weight is 490 g/mol. The molecule has 0 aromatic heterocycles. The van der Waals surface area contributed by atoms with Gasteiger partial charge in [0.15, 0.2) is 0 Å². The molecular weight excluding hydrogens is 466 g/mol. The summed E-state index contributed by atoms with van der Waals surface area (Å²) >= 11 is 2.75. The van der Waals surface area contributed by atoms with Crippen molar-refractivity contribution in [2.75, 3.05) is 6.16 Å². The zero-order chi connectivity index (χ0) is 19.2. The van der Waals surface area contributed by atoms with E-state index in [-0.39, 0.29) is 6.42 Å². The summed E-state index contributed by atoms with van der Waals surface area (Å²) in [6.07, 6.45) is 2.76. The second-order valence-electron chi connectivity index (χ2n) is 6.76. The third-order valence-corrected chi connectivity index (χ3v) is 16.8. The predicted molar refractivity (Wildman–Crippen MR) is 126 cm³/mol. The second kappa shape index (κ2) is 8.53. The summed E-state index contributed by atoms with van der Waals surface area (Å²) in [6, 6.07) is 32.3. The third-order valence-electron chi connectivity index (χ3n) is 5.10. The Balaban J connectivity index is 2.21. The molecule has 3 aromatic rings. The third kappa shape index (κ3) is 3.95. The molecule has 140 valence electrons. The molecule has 2 nitrogen and oxygen atoms in total. The minimum atomic E-state index is -2.73. The number of aliphatic carboxylic acids is 1. The van der Waals surface area contributed by atoms with Crippen LogP contribution in [0.1, 0.15) is 19.3 Å². The Hall–Kier alpha value is -1.71. The molecule has 0 heterocycles. The van der Waals surface area contributed by atoms with E-state index in [1.807, 2.05) is 0 Å². The fourth-order valence-electron chi connectivity index (χ4n) is 3.74. The summed E-state index contributed by atoms with van der Waals surface area (Å²) in [5, 5.41) is 13.1. The van der Waals surface area contributed by atoms with E-state index in [9.17, 15) is 4.79 Å². The standard InChI is InChI=1S/C23H24IO2P/c24-27(19-11-10-18-23(25)26,20-12-4-1-5-13-20,21-14-6-2-7-15-21)22-16-8-3-9-17-22/h1-9,12-17H,10-11,18-19H2,(H,25,26). The van der Waals surface area contributed by atoms with Crippen molar-refractivity contribution in [2.45, 2.75) is 19.3 Å². The molecule has 3 rings (SSSR count). The molecule has 0 fully saturated rings.